The Labute approximate surface area is 145 Å². The molecule has 24 heavy (non-hydrogen) atoms. The van der Waals surface area contributed by atoms with E-state index in [0.717, 1.165) is 37.7 Å². The largest absolute Gasteiger partial charge is 0.384 e. The van der Waals surface area contributed by atoms with E-state index in [0.29, 0.717) is 25.6 Å². The molecule has 1 atom stereocenters. The van der Waals surface area contributed by atoms with E-state index in [9.17, 15) is 8.42 Å². The quantitative estimate of drug-likeness (QED) is 0.739. The van der Waals surface area contributed by atoms with Crippen LogP contribution in [0.5, 0.6) is 0 Å². The van der Waals surface area contributed by atoms with Crippen molar-refractivity contribution in [2.45, 2.75) is 45.1 Å². The van der Waals surface area contributed by atoms with Gasteiger partial charge in [0.15, 0.2) is 0 Å². The van der Waals surface area contributed by atoms with Gasteiger partial charge in [-0.3, -0.25) is 4.98 Å². The van der Waals surface area contributed by atoms with Crippen molar-refractivity contribution >= 4 is 10.2 Å². The van der Waals surface area contributed by atoms with E-state index >= 15 is 0 Å². The first-order valence-corrected chi connectivity index (χ1v) is 10.2. The Balaban J connectivity index is 2.02. The number of aromatic nitrogens is 1. The summed E-state index contributed by atoms with van der Waals surface area (Å²) in [4.78, 5) is 4.12. The monoisotopic (exact) mass is 355 g/mol. The number of pyridine rings is 1. The Bertz CT molecular complexity index is 572. The third kappa shape index (κ3) is 5.51. The fraction of sp³-hybridized carbons (Fsp3) is 0.706. The van der Waals surface area contributed by atoms with Crippen LogP contribution in [0.2, 0.25) is 0 Å². The lowest BCUT2D eigenvalue weighted by molar-refractivity contribution is 0.121. The van der Waals surface area contributed by atoms with Crippen LogP contribution >= 0.6 is 0 Å². The molecular formula is C17H29N3O3S. The molecule has 1 aromatic rings. The molecule has 6 nitrogen and oxygen atoms in total. The van der Waals surface area contributed by atoms with Gasteiger partial charge in [-0.05, 0) is 36.8 Å². The van der Waals surface area contributed by atoms with E-state index in [4.69, 9.17) is 4.74 Å². The van der Waals surface area contributed by atoms with Crippen LogP contribution < -0.4 is 4.72 Å². The van der Waals surface area contributed by atoms with Crippen molar-refractivity contribution in [2.75, 3.05) is 26.8 Å². The fourth-order valence-corrected chi connectivity index (χ4v) is 4.54. The predicted molar refractivity (Wildman–Crippen MR) is 94.7 cm³/mol. The minimum absolute atomic E-state index is 0.222. The van der Waals surface area contributed by atoms with Gasteiger partial charge in [-0.15, -0.1) is 0 Å². The minimum atomic E-state index is -3.48. The topological polar surface area (TPSA) is 71.5 Å². The highest BCUT2D eigenvalue weighted by Crippen LogP contribution is 2.23. The van der Waals surface area contributed by atoms with Gasteiger partial charge in [0.1, 0.15) is 0 Å². The molecule has 1 aromatic heterocycles. The summed E-state index contributed by atoms with van der Waals surface area (Å²) in [6, 6.07) is 3.56. The Hall–Kier alpha value is -1.02. The second kappa shape index (κ2) is 9.46. The molecule has 1 saturated heterocycles. The Morgan fingerprint density at radius 3 is 2.75 bits per heavy atom. The molecule has 0 bridgehead atoms. The van der Waals surface area contributed by atoms with Gasteiger partial charge in [0, 0.05) is 45.2 Å². The van der Waals surface area contributed by atoms with Gasteiger partial charge in [0.25, 0.3) is 10.2 Å². The normalized spacial score (nSPS) is 18.6. The summed E-state index contributed by atoms with van der Waals surface area (Å²) < 4.78 is 35.2. The van der Waals surface area contributed by atoms with Crippen LogP contribution in [0.25, 0.3) is 0 Å². The summed E-state index contributed by atoms with van der Waals surface area (Å²) in [7, 11) is -1.79. The summed E-state index contributed by atoms with van der Waals surface area (Å²) in [5.74, 6) is 0.454. The lowest BCUT2D eigenvalue weighted by Crippen LogP contribution is -2.46. The maximum Gasteiger partial charge on any atom is 0.280 e. The van der Waals surface area contributed by atoms with Crippen molar-refractivity contribution in [2.24, 2.45) is 5.92 Å². The number of hydrogen-bond donors (Lipinski definition) is 1. The van der Waals surface area contributed by atoms with Crippen molar-refractivity contribution in [3.63, 3.8) is 0 Å². The van der Waals surface area contributed by atoms with Crippen molar-refractivity contribution in [1.29, 1.82) is 0 Å². The molecule has 2 heterocycles. The maximum atomic E-state index is 12.8. The highest BCUT2D eigenvalue weighted by molar-refractivity contribution is 7.87. The molecule has 1 aliphatic heterocycles. The zero-order chi connectivity index (χ0) is 17.4. The van der Waals surface area contributed by atoms with Gasteiger partial charge in [0.2, 0.25) is 0 Å². The van der Waals surface area contributed by atoms with Crippen molar-refractivity contribution < 1.29 is 13.2 Å². The predicted octanol–water partition coefficient (Wildman–Crippen LogP) is 2.51. The zero-order valence-corrected chi connectivity index (χ0v) is 15.5. The average Bonchev–Trinajstić information content (AvgIpc) is 2.60. The van der Waals surface area contributed by atoms with Gasteiger partial charge in [0.05, 0.1) is 0 Å². The molecule has 0 radical (unpaired) electrons. The second-order valence-electron chi connectivity index (χ2n) is 6.40. The third-order valence-corrected chi connectivity index (χ3v) is 6.17. The van der Waals surface area contributed by atoms with E-state index in [1.807, 2.05) is 12.1 Å². The molecule has 0 spiro atoms. The van der Waals surface area contributed by atoms with Crippen LogP contribution in [0.3, 0.4) is 0 Å². The Kier molecular flexibility index (Phi) is 7.61. The summed E-state index contributed by atoms with van der Waals surface area (Å²) in [5, 5.41) is 0. The lowest BCUT2D eigenvalue weighted by Gasteiger charge is -2.32. The van der Waals surface area contributed by atoms with Gasteiger partial charge >= 0.3 is 0 Å². The number of piperidine rings is 1. The van der Waals surface area contributed by atoms with E-state index in [-0.39, 0.29) is 6.04 Å². The summed E-state index contributed by atoms with van der Waals surface area (Å²) in [6.07, 6.45) is 7.92. The van der Waals surface area contributed by atoms with Crippen LogP contribution in [0, 0.1) is 5.92 Å². The first-order valence-electron chi connectivity index (χ1n) is 8.73. The number of nitrogens with one attached hydrogen (secondary N) is 1. The zero-order valence-electron chi connectivity index (χ0n) is 14.6. The average molecular weight is 356 g/mol. The number of ether oxygens (including phenoxy) is 1. The summed E-state index contributed by atoms with van der Waals surface area (Å²) in [6.45, 7) is 3.92. The molecule has 2 rings (SSSR count). The molecule has 1 unspecified atom stereocenters. The number of methoxy groups -OCH3 is 1. The van der Waals surface area contributed by atoms with Crippen LogP contribution in [-0.4, -0.2) is 44.5 Å². The van der Waals surface area contributed by atoms with Gasteiger partial charge in [-0.1, -0.05) is 25.8 Å². The molecule has 136 valence electrons. The molecule has 0 aromatic carbocycles. The Morgan fingerprint density at radius 1 is 1.42 bits per heavy atom. The van der Waals surface area contributed by atoms with Gasteiger partial charge in [-0.2, -0.15) is 17.4 Å². The Morgan fingerprint density at radius 2 is 2.17 bits per heavy atom. The summed E-state index contributed by atoms with van der Waals surface area (Å²) in [5.41, 5.74) is 0.920. The summed E-state index contributed by atoms with van der Waals surface area (Å²) >= 11 is 0. The van der Waals surface area contributed by atoms with E-state index < -0.39 is 10.2 Å². The van der Waals surface area contributed by atoms with Crippen molar-refractivity contribution in [3.8, 4) is 0 Å². The van der Waals surface area contributed by atoms with Crippen molar-refractivity contribution in [1.82, 2.24) is 14.0 Å². The third-order valence-electron chi connectivity index (χ3n) is 4.54. The number of hydrogen-bond acceptors (Lipinski definition) is 4. The number of unbranched alkanes of at least 4 members (excludes halogenated alkanes) is 1. The standard InChI is InChI=1S/C17H29N3O3S/c1-3-4-7-17(16-6-5-10-18-13-16)19-24(21,22)20-11-8-15(9-12-20)14-23-2/h5-6,10,13,15,17,19H,3-4,7-9,11-12,14H2,1-2H3. The molecule has 0 amide bonds. The van der Waals surface area contributed by atoms with E-state index in [2.05, 4.69) is 16.6 Å². The molecule has 0 aliphatic carbocycles. The van der Waals surface area contributed by atoms with Crippen LogP contribution in [0.15, 0.2) is 24.5 Å². The second-order valence-corrected chi connectivity index (χ2v) is 8.10. The highest BCUT2D eigenvalue weighted by Gasteiger charge is 2.30. The van der Waals surface area contributed by atoms with E-state index in [1.165, 1.54) is 0 Å². The lowest BCUT2D eigenvalue weighted by atomic mass is 9.99. The van der Waals surface area contributed by atoms with Crippen LogP contribution in [-0.2, 0) is 14.9 Å². The van der Waals surface area contributed by atoms with Gasteiger partial charge in [-0.25, -0.2) is 0 Å². The SMILES string of the molecule is CCCCC(NS(=O)(=O)N1CCC(COC)CC1)c1cccnc1. The van der Waals surface area contributed by atoms with Crippen LogP contribution in [0.4, 0.5) is 0 Å². The maximum absolute atomic E-state index is 12.8. The van der Waals surface area contributed by atoms with Crippen molar-refractivity contribution in [3.05, 3.63) is 30.1 Å². The molecule has 0 saturated carbocycles. The van der Waals surface area contributed by atoms with Crippen LogP contribution in [0.1, 0.15) is 50.6 Å². The smallest absolute Gasteiger partial charge is 0.280 e. The highest BCUT2D eigenvalue weighted by atomic mass is 32.2. The molecule has 7 heteroatoms. The first kappa shape index (κ1) is 19.3. The number of rotatable bonds is 9. The number of nitrogens with zero attached hydrogens (tertiary/aromatic N) is 2. The molecule has 1 N–H and O–H groups in total. The van der Waals surface area contributed by atoms with Gasteiger partial charge < -0.3 is 4.74 Å². The first-order chi connectivity index (χ1) is 11.6. The molecular weight excluding hydrogens is 326 g/mol. The minimum Gasteiger partial charge on any atom is -0.384 e. The van der Waals surface area contributed by atoms with E-state index in [1.54, 1.807) is 23.8 Å². The fourth-order valence-electron chi connectivity index (χ4n) is 3.09. The molecule has 1 aliphatic rings. The molecule has 1 fully saturated rings.